The summed E-state index contributed by atoms with van der Waals surface area (Å²) < 4.78 is 0. The van der Waals surface area contributed by atoms with Gasteiger partial charge in [-0.1, -0.05) is 74.5 Å². The molecule has 0 radical (unpaired) electrons. The van der Waals surface area contributed by atoms with Gasteiger partial charge in [0.15, 0.2) is 0 Å². The Kier molecular flexibility index (Phi) is 2.70. The van der Waals surface area contributed by atoms with Crippen LogP contribution >= 0.6 is 0 Å². The number of anilines is 1. The van der Waals surface area contributed by atoms with Crippen LogP contribution in [0, 0.1) is 5.92 Å². The maximum Gasteiger partial charge on any atom is 0.0435 e. The lowest BCUT2D eigenvalue weighted by molar-refractivity contribution is 0.459. The van der Waals surface area contributed by atoms with Gasteiger partial charge in [0.1, 0.15) is 0 Å². The van der Waals surface area contributed by atoms with Gasteiger partial charge in [0.25, 0.3) is 0 Å². The van der Waals surface area contributed by atoms with Crippen molar-refractivity contribution in [1.29, 1.82) is 0 Å². The van der Waals surface area contributed by atoms with Gasteiger partial charge in [-0.05, 0) is 16.9 Å². The normalized spacial score (nSPS) is 25.9. The molecule has 0 aromatic heterocycles. The smallest absolute Gasteiger partial charge is 0.0435 e. The van der Waals surface area contributed by atoms with Crippen LogP contribution in [0.3, 0.4) is 0 Å². The Balaban J connectivity index is 2.23. The van der Waals surface area contributed by atoms with Crippen molar-refractivity contribution in [3.8, 4) is 0 Å². The van der Waals surface area contributed by atoms with Crippen LogP contribution in [0.4, 0.5) is 5.69 Å². The summed E-state index contributed by atoms with van der Waals surface area (Å²) in [4.78, 5) is 0. The van der Waals surface area contributed by atoms with E-state index < -0.39 is 0 Å². The van der Waals surface area contributed by atoms with E-state index in [-0.39, 0.29) is 5.41 Å². The van der Waals surface area contributed by atoms with Crippen molar-refractivity contribution in [1.82, 2.24) is 0 Å². The van der Waals surface area contributed by atoms with E-state index in [2.05, 4.69) is 68.5 Å². The molecule has 0 amide bonds. The van der Waals surface area contributed by atoms with Crippen molar-refractivity contribution in [3.05, 3.63) is 66.3 Å². The fourth-order valence-corrected chi connectivity index (χ4v) is 2.94. The maximum absolute atomic E-state index is 6.44. The fourth-order valence-electron chi connectivity index (χ4n) is 2.94. The van der Waals surface area contributed by atoms with E-state index in [0.29, 0.717) is 5.92 Å². The summed E-state index contributed by atoms with van der Waals surface area (Å²) in [6, 6.07) is 12.7. The molecule has 96 valence electrons. The minimum atomic E-state index is -0.0249. The van der Waals surface area contributed by atoms with Crippen LogP contribution in [0.25, 0.3) is 10.8 Å². The Morgan fingerprint density at radius 1 is 1.05 bits per heavy atom. The molecule has 1 nitrogen and oxygen atoms in total. The summed E-state index contributed by atoms with van der Waals surface area (Å²) in [7, 11) is 0. The lowest BCUT2D eigenvalue weighted by Gasteiger charge is -2.35. The van der Waals surface area contributed by atoms with Gasteiger partial charge in [0, 0.05) is 16.5 Å². The molecular weight excluding hydrogens is 230 g/mol. The second kappa shape index (κ2) is 4.27. The quantitative estimate of drug-likeness (QED) is 0.743. The minimum absolute atomic E-state index is 0.0249. The van der Waals surface area contributed by atoms with Crippen LogP contribution < -0.4 is 5.73 Å². The molecule has 1 aliphatic carbocycles. The molecule has 2 aromatic carbocycles. The van der Waals surface area contributed by atoms with Crippen LogP contribution in [0.15, 0.2) is 60.7 Å². The number of allylic oxidation sites excluding steroid dienone is 4. The molecule has 0 saturated carbocycles. The SMILES string of the molecule is CC1C=CC=CC1(C)c1ccc2ccccc2c1N. The Hall–Kier alpha value is -2.02. The van der Waals surface area contributed by atoms with E-state index in [0.717, 1.165) is 11.1 Å². The first-order valence-corrected chi connectivity index (χ1v) is 6.76. The van der Waals surface area contributed by atoms with E-state index in [1.54, 1.807) is 0 Å². The Morgan fingerprint density at radius 2 is 1.84 bits per heavy atom. The lowest BCUT2D eigenvalue weighted by atomic mass is 9.69. The third-order valence-corrected chi connectivity index (χ3v) is 4.45. The second-order valence-electron chi connectivity index (χ2n) is 5.56. The summed E-state index contributed by atoms with van der Waals surface area (Å²) in [5.74, 6) is 0.445. The van der Waals surface area contributed by atoms with E-state index in [1.807, 2.05) is 6.07 Å². The topological polar surface area (TPSA) is 26.0 Å². The first kappa shape index (κ1) is 12.0. The molecule has 0 spiro atoms. The van der Waals surface area contributed by atoms with Gasteiger partial charge in [0.05, 0.1) is 0 Å². The molecular formula is C18H19N. The van der Waals surface area contributed by atoms with Gasteiger partial charge in [-0.15, -0.1) is 0 Å². The zero-order chi connectivity index (χ0) is 13.5. The number of fused-ring (bicyclic) bond motifs is 1. The Bertz CT molecular complexity index is 681. The van der Waals surface area contributed by atoms with Crippen molar-refractivity contribution in [3.63, 3.8) is 0 Å². The molecule has 0 fully saturated rings. The number of benzene rings is 2. The van der Waals surface area contributed by atoms with Crippen LogP contribution in [-0.2, 0) is 5.41 Å². The average Bonchev–Trinajstić information content (AvgIpc) is 2.43. The molecule has 0 aliphatic heterocycles. The van der Waals surface area contributed by atoms with Gasteiger partial charge in [-0.25, -0.2) is 0 Å². The summed E-state index contributed by atoms with van der Waals surface area (Å²) in [6.07, 6.45) is 8.74. The molecule has 1 heteroatoms. The molecule has 2 N–H and O–H groups in total. The zero-order valence-corrected chi connectivity index (χ0v) is 11.4. The third kappa shape index (κ3) is 1.77. The van der Waals surface area contributed by atoms with Crippen LogP contribution in [0.1, 0.15) is 19.4 Å². The highest BCUT2D eigenvalue weighted by molar-refractivity contribution is 5.95. The largest absolute Gasteiger partial charge is 0.398 e. The molecule has 2 atom stereocenters. The number of nitrogens with two attached hydrogens (primary N) is 1. The highest BCUT2D eigenvalue weighted by Gasteiger charge is 2.32. The molecule has 0 heterocycles. The zero-order valence-electron chi connectivity index (χ0n) is 11.4. The maximum atomic E-state index is 6.44. The van der Waals surface area contributed by atoms with Gasteiger partial charge in [-0.3, -0.25) is 0 Å². The summed E-state index contributed by atoms with van der Waals surface area (Å²) in [5.41, 5.74) is 8.55. The number of hydrogen-bond donors (Lipinski definition) is 1. The van der Waals surface area contributed by atoms with Crippen LogP contribution in [0.2, 0.25) is 0 Å². The predicted molar refractivity (Wildman–Crippen MR) is 83.2 cm³/mol. The molecule has 2 unspecified atom stereocenters. The van der Waals surface area contributed by atoms with E-state index in [4.69, 9.17) is 5.73 Å². The highest BCUT2D eigenvalue weighted by atomic mass is 14.6. The van der Waals surface area contributed by atoms with Crippen molar-refractivity contribution in [2.45, 2.75) is 19.3 Å². The number of nitrogen functional groups attached to an aromatic ring is 1. The molecule has 3 rings (SSSR count). The average molecular weight is 249 g/mol. The lowest BCUT2D eigenvalue weighted by Crippen LogP contribution is -2.29. The Labute approximate surface area is 114 Å². The van der Waals surface area contributed by atoms with Crippen LogP contribution in [0.5, 0.6) is 0 Å². The fraction of sp³-hybridized carbons (Fsp3) is 0.222. The minimum Gasteiger partial charge on any atom is -0.398 e. The standard InChI is InChI=1S/C18H19N/c1-13-7-5-6-12-18(13,2)16-11-10-14-8-3-4-9-15(14)17(16)19/h3-13H,19H2,1-2H3. The second-order valence-corrected chi connectivity index (χ2v) is 5.56. The van der Waals surface area contributed by atoms with Gasteiger partial charge in [-0.2, -0.15) is 0 Å². The molecule has 0 saturated heterocycles. The molecule has 0 bridgehead atoms. The van der Waals surface area contributed by atoms with E-state index >= 15 is 0 Å². The highest BCUT2D eigenvalue weighted by Crippen LogP contribution is 2.41. The van der Waals surface area contributed by atoms with E-state index in [1.165, 1.54) is 10.9 Å². The number of rotatable bonds is 1. The first-order chi connectivity index (χ1) is 9.13. The monoisotopic (exact) mass is 249 g/mol. The van der Waals surface area contributed by atoms with Crippen molar-refractivity contribution >= 4 is 16.5 Å². The van der Waals surface area contributed by atoms with Gasteiger partial charge >= 0.3 is 0 Å². The number of hydrogen-bond acceptors (Lipinski definition) is 1. The summed E-state index contributed by atoms with van der Waals surface area (Å²) in [6.45, 7) is 4.51. The Morgan fingerprint density at radius 3 is 2.63 bits per heavy atom. The molecule has 19 heavy (non-hydrogen) atoms. The summed E-state index contributed by atoms with van der Waals surface area (Å²) in [5, 5.41) is 2.35. The van der Waals surface area contributed by atoms with Gasteiger partial charge in [0.2, 0.25) is 0 Å². The van der Waals surface area contributed by atoms with Gasteiger partial charge < -0.3 is 5.73 Å². The van der Waals surface area contributed by atoms with E-state index in [9.17, 15) is 0 Å². The summed E-state index contributed by atoms with van der Waals surface area (Å²) >= 11 is 0. The predicted octanol–water partition coefficient (Wildman–Crippen LogP) is 4.44. The van der Waals surface area contributed by atoms with Crippen molar-refractivity contribution in [2.75, 3.05) is 5.73 Å². The van der Waals surface area contributed by atoms with Crippen molar-refractivity contribution in [2.24, 2.45) is 5.92 Å². The first-order valence-electron chi connectivity index (χ1n) is 6.76. The van der Waals surface area contributed by atoms with Crippen LogP contribution in [-0.4, -0.2) is 0 Å². The molecule has 1 aliphatic rings. The molecule has 2 aromatic rings. The van der Waals surface area contributed by atoms with Crippen molar-refractivity contribution < 1.29 is 0 Å². The third-order valence-electron chi connectivity index (χ3n) is 4.45.